The van der Waals surface area contributed by atoms with Gasteiger partial charge in [-0.15, -0.1) is 0 Å². The van der Waals surface area contributed by atoms with Crippen LogP contribution in [0.1, 0.15) is 27.2 Å². The molecule has 4 rings (SSSR count). The molecule has 1 heterocycles. The molecule has 0 fully saturated rings. The third-order valence-corrected chi connectivity index (χ3v) is 13.8. The first kappa shape index (κ1) is 26.9. The minimum Gasteiger partial charge on any atom is -0.405 e. The first-order valence-corrected chi connectivity index (χ1v) is 15.6. The van der Waals surface area contributed by atoms with Gasteiger partial charge in [-0.05, 0) is 27.9 Å². The molecule has 0 saturated heterocycles. The Balaban J connectivity index is 1.76. The van der Waals surface area contributed by atoms with Crippen LogP contribution in [0.3, 0.4) is 0 Å². The van der Waals surface area contributed by atoms with Crippen molar-refractivity contribution in [3.05, 3.63) is 107 Å². The van der Waals surface area contributed by atoms with Crippen LogP contribution < -0.4 is 10.4 Å². The lowest BCUT2D eigenvalue weighted by atomic mass is 10.2. The van der Waals surface area contributed by atoms with Crippen molar-refractivity contribution in [3.8, 4) is 0 Å². The first-order valence-electron chi connectivity index (χ1n) is 12.3. The van der Waals surface area contributed by atoms with Crippen molar-refractivity contribution in [2.45, 2.75) is 43.2 Å². The molecule has 3 aromatic rings. The number of benzene rings is 3. The molecule has 0 amide bonds. The number of nitrogens with zero attached hydrogens (tertiary/aromatic N) is 2. The maximum atomic E-state index is 13.7. The van der Waals surface area contributed by atoms with Crippen LogP contribution in [0.5, 0.6) is 0 Å². The van der Waals surface area contributed by atoms with E-state index in [4.69, 9.17) is 4.43 Å². The molecule has 194 valence electrons. The minimum atomic E-state index is -4.14. The topological polar surface area (TPSA) is 89.8 Å². The van der Waals surface area contributed by atoms with Crippen LogP contribution in [-0.2, 0) is 14.4 Å². The van der Waals surface area contributed by atoms with Crippen molar-refractivity contribution >= 4 is 34.4 Å². The summed E-state index contributed by atoms with van der Waals surface area (Å²) in [6.07, 6.45) is 4.31. The van der Waals surface area contributed by atoms with Gasteiger partial charge in [0.25, 0.3) is 24.0 Å². The van der Waals surface area contributed by atoms with Crippen molar-refractivity contribution in [1.29, 1.82) is 0 Å². The second-order valence-electron chi connectivity index (χ2n) is 10.1. The summed E-state index contributed by atoms with van der Waals surface area (Å²) >= 11 is 0. The number of hydrogen-bond acceptors (Lipinski definition) is 5. The molecule has 7 nitrogen and oxygen atoms in total. The van der Waals surface area contributed by atoms with E-state index in [0.717, 1.165) is 10.4 Å². The van der Waals surface area contributed by atoms with Gasteiger partial charge in [0.2, 0.25) is 0 Å². The van der Waals surface area contributed by atoms with Crippen molar-refractivity contribution in [2.75, 3.05) is 13.2 Å². The summed E-state index contributed by atoms with van der Waals surface area (Å²) in [7, 11) is -7.04. The van der Waals surface area contributed by atoms with Gasteiger partial charge in [0.1, 0.15) is 0 Å². The van der Waals surface area contributed by atoms with Gasteiger partial charge in [-0.1, -0.05) is 106 Å². The highest BCUT2D eigenvalue weighted by Crippen LogP contribution is 2.37. The zero-order valence-corrected chi connectivity index (χ0v) is 23.1. The molecule has 0 aromatic heterocycles. The Labute approximate surface area is 219 Å². The Kier molecular flexibility index (Phi) is 7.79. The number of hydrogen-bond donors (Lipinski definition) is 0. The fraction of sp³-hybridized carbons (Fsp3) is 0.286. The highest BCUT2D eigenvalue weighted by Gasteiger charge is 2.51. The fourth-order valence-electron chi connectivity index (χ4n) is 5.08. The Morgan fingerprint density at radius 1 is 0.946 bits per heavy atom. The smallest absolute Gasteiger partial charge is 0.289 e. The Morgan fingerprint density at radius 3 is 2.03 bits per heavy atom. The molecule has 37 heavy (non-hydrogen) atoms. The molecular weight excluding hydrogens is 504 g/mol. The molecular formula is C28H32N2O5SSi. The number of sulfonamides is 1. The van der Waals surface area contributed by atoms with Crippen LogP contribution in [0.25, 0.3) is 0 Å². The van der Waals surface area contributed by atoms with Crippen LogP contribution in [0.4, 0.5) is 5.69 Å². The Morgan fingerprint density at radius 2 is 1.49 bits per heavy atom. The van der Waals surface area contributed by atoms with E-state index in [2.05, 4.69) is 45.0 Å². The summed E-state index contributed by atoms with van der Waals surface area (Å²) in [6, 6.07) is 25.2. The average molecular weight is 537 g/mol. The zero-order chi connectivity index (χ0) is 26.7. The highest BCUT2D eigenvalue weighted by atomic mass is 32.2. The predicted octanol–water partition coefficient (Wildman–Crippen LogP) is 4.49. The SMILES string of the molecule is CC(C)(C)[Si](OC[C@H]1C=CCCN1S(=O)(=O)c1ccccc1[N+](=O)[O-])(c1ccccc1)c1ccccc1. The van der Waals surface area contributed by atoms with E-state index in [1.165, 1.54) is 28.6 Å². The molecule has 0 N–H and O–H groups in total. The van der Waals surface area contributed by atoms with Crippen molar-refractivity contribution in [3.63, 3.8) is 0 Å². The van der Waals surface area contributed by atoms with E-state index < -0.39 is 35.0 Å². The molecule has 3 aromatic carbocycles. The number of para-hydroxylation sites is 1. The van der Waals surface area contributed by atoms with Gasteiger partial charge in [-0.3, -0.25) is 10.1 Å². The molecule has 1 atom stereocenters. The van der Waals surface area contributed by atoms with E-state index in [9.17, 15) is 18.5 Å². The lowest BCUT2D eigenvalue weighted by molar-refractivity contribution is -0.387. The molecule has 0 saturated carbocycles. The summed E-state index contributed by atoms with van der Waals surface area (Å²) in [5.41, 5.74) is -0.427. The molecule has 0 bridgehead atoms. The normalized spacial score (nSPS) is 17.0. The molecule has 1 aliphatic rings. The molecule has 0 spiro atoms. The summed E-state index contributed by atoms with van der Waals surface area (Å²) in [5.74, 6) is 0. The van der Waals surface area contributed by atoms with Crippen LogP contribution >= 0.6 is 0 Å². The van der Waals surface area contributed by atoms with Crippen LogP contribution in [0.15, 0.2) is 102 Å². The second-order valence-corrected chi connectivity index (χ2v) is 16.3. The monoisotopic (exact) mass is 536 g/mol. The minimum absolute atomic E-state index is 0.129. The molecule has 0 unspecified atom stereocenters. The third kappa shape index (κ3) is 5.17. The first-order chi connectivity index (χ1) is 17.6. The van der Waals surface area contributed by atoms with Gasteiger partial charge in [-0.25, -0.2) is 8.42 Å². The molecule has 9 heteroatoms. The van der Waals surface area contributed by atoms with Crippen molar-refractivity contribution in [2.24, 2.45) is 0 Å². The maximum Gasteiger partial charge on any atom is 0.289 e. The van der Waals surface area contributed by atoms with Crippen molar-refractivity contribution < 1.29 is 17.8 Å². The summed E-state index contributed by atoms with van der Waals surface area (Å²) in [6.45, 7) is 6.84. The van der Waals surface area contributed by atoms with E-state index in [0.29, 0.717) is 6.42 Å². The molecule has 0 radical (unpaired) electrons. The molecule has 0 aliphatic carbocycles. The average Bonchev–Trinajstić information content (AvgIpc) is 2.89. The fourth-order valence-corrected chi connectivity index (χ4v) is 11.4. The Hall–Kier alpha value is -3.11. The second kappa shape index (κ2) is 10.7. The number of rotatable bonds is 8. The summed E-state index contributed by atoms with van der Waals surface area (Å²) < 4.78 is 35.8. The third-order valence-electron chi connectivity index (χ3n) is 6.78. The van der Waals surface area contributed by atoms with E-state index in [-0.39, 0.29) is 23.1 Å². The van der Waals surface area contributed by atoms with Gasteiger partial charge in [0, 0.05) is 12.6 Å². The van der Waals surface area contributed by atoms with Crippen molar-refractivity contribution in [1.82, 2.24) is 4.31 Å². The Bertz CT molecular complexity index is 1330. The van der Waals surface area contributed by atoms with Gasteiger partial charge in [-0.2, -0.15) is 4.31 Å². The van der Waals surface area contributed by atoms with Gasteiger partial charge >= 0.3 is 0 Å². The van der Waals surface area contributed by atoms with Gasteiger partial charge < -0.3 is 4.43 Å². The van der Waals surface area contributed by atoms with Gasteiger partial charge in [0.15, 0.2) is 4.90 Å². The van der Waals surface area contributed by atoms with E-state index in [1.54, 1.807) is 0 Å². The summed E-state index contributed by atoms with van der Waals surface area (Å²) in [5, 5.41) is 13.5. The highest BCUT2D eigenvalue weighted by molar-refractivity contribution is 7.89. The van der Waals surface area contributed by atoms with Crippen LogP contribution in [-0.4, -0.2) is 45.2 Å². The maximum absolute atomic E-state index is 13.7. The lowest BCUT2D eigenvalue weighted by Crippen LogP contribution is -2.67. The van der Waals surface area contributed by atoms with Crippen LogP contribution in [0, 0.1) is 10.1 Å². The van der Waals surface area contributed by atoms with Gasteiger partial charge in [0.05, 0.1) is 17.6 Å². The number of nitro benzene ring substituents is 1. The standard InChI is InChI=1S/C28H32N2O5SSi/c1-28(2,3)37(24-15-6-4-7-16-24,25-17-8-5-9-18-25)35-22-23-14-12-13-21-29(23)36(33,34)27-20-11-10-19-26(27)30(31)32/h4-12,14-20,23H,13,21-22H2,1-3H3/t23-/m1/s1. The predicted molar refractivity (Wildman–Crippen MR) is 148 cm³/mol. The zero-order valence-electron chi connectivity index (χ0n) is 21.3. The lowest BCUT2D eigenvalue weighted by Gasteiger charge is -2.44. The van der Waals surface area contributed by atoms with E-state index >= 15 is 0 Å². The number of nitro groups is 1. The molecule has 1 aliphatic heterocycles. The summed E-state index contributed by atoms with van der Waals surface area (Å²) in [4.78, 5) is 10.7. The van der Waals surface area contributed by atoms with Crippen LogP contribution in [0.2, 0.25) is 5.04 Å². The quantitative estimate of drug-likeness (QED) is 0.183. The largest absolute Gasteiger partial charge is 0.405 e. The van der Waals surface area contributed by atoms with E-state index in [1.807, 2.05) is 48.6 Å².